The van der Waals surface area contributed by atoms with Crippen LogP contribution in [0.4, 0.5) is 0 Å². The highest BCUT2D eigenvalue weighted by molar-refractivity contribution is 4.73. The minimum Gasteiger partial charge on any atom is -0.0776 e. The molecule has 1 saturated carbocycles. The molecule has 1 rings (SSSR count). The van der Waals surface area contributed by atoms with Crippen LogP contribution in [0.5, 0.6) is 0 Å². The van der Waals surface area contributed by atoms with Crippen molar-refractivity contribution in [2.45, 2.75) is 75.7 Å². The molecule has 0 bridgehead atoms. The van der Waals surface area contributed by atoms with Gasteiger partial charge in [0.2, 0.25) is 0 Å². The molecular weight excluding hydrogens is 180 g/mol. The molecule has 15 heavy (non-hydrogen) atoms. The monoisotopic (exact) mass is 216 g/mol. The van der Waals surface area contributed by atoms with Gasteiger partial charge in [-0.2, -0.15) is 0 Å². The summed E-state index contributed by atoms with van der Waals surface area (Å²) in [6.45, 7) is 13.6. The molecule has 0 N–H and O–H groups in total. The molecule has 0 aliphatic heterocycles. The van der Waals surface area contributed by atoms with Crippen molar-refractivity contribution < 1.29 is 0 Å². The highest BCUT2D eigenvalue weighted by atomic mass is 14.3. The zero-order valence-electron chi connectivity index (χ0n) is 10.4. The second kappa shape index (κ2) is 10.5. The lowest BCUT2D eigenvalue weighted by Gasteiger charge is -2.05. The fraction of sp³-hybridized carbons (Fsp3) is 1.00. The van der Waals surface area contributed by atoms with Crippen LogP contribution in [0.3, 0.4) is 0 Å². The van der Waals surface area contributed by atoms with E-state index < -0.39 is 0 Å². The summed E-state index contributed by atoms with van der Waals surface area (Å²) in [6.07, 6.45) is 4.50. The zero-order chi connectivity index (χ0) is 10.4. The molecule has 0 aromatic heterocycles. The lowest BCUT2D eigenvalue weighted by molar-refractivity contribution is 0.457. The van der Waals surface area contributed by atoms with E-state index in [-0.39, 0.29) is 14.9 Å². The minimum atomic E-state index is 0. The standard InChI is InChI=1S/C7H14.C6H14.2CH4/c1-6(2)5-7-3-4-7;1-5(2)6(3)4;;/h6-7H,3-5H2,1-2H3;5-6H,1-4H3;2*1H4. The molecule has 0 aromatic carbocycles. The van der Waals surface area contributed by atoms with E-state index in [0.29, 0.717) is 0 Å². The van der Waals surface area contributed by atoms with E-state index in [1.807, 2.05) is 0 Å². The molecule has 1 fully saturated rings. The summed E-state index contributed by atoms with van der Waals surface area (Å²) in [5.41, 5.74) is 0. The van der Waals surface area contributed by atoms with Crippen molar-refractivity contribution in [2.24, 2.45) is 23.7 Å². The lowest BCUT2D eigenvalue weighted by atomic mass is 10.0. The Morgan fingerprint density at radius 2 is 1.13 bits per heavy atom. The van der Waals surface area contributed by atoms with Crippen molar-refractivity contribution in [3.8, 4) is 0 Å². The maximum Gasteiger partial charge on any atom is -0.0412 e. The fourth-order valence-electron chi connectivity index (χ4n) is 1.02. The fourth-order valence-corrected chi connectivity index (χ4v) is 1.02. The van der Waals surface area contributed by atoms with Gasteiger partial charge in [0.15, 0.2) is 0 Å². The third kappa shape index (κ3) is 16.7. The van der Waals surface area contributed by atoms with Crippen LogP contribution in [0.15, 0.2) is 0 Å². The summed E-state index contributed by atoms with van der Waals surface area (Å²) in [4.78, 5) is 0. The summed E-state index contributed by atoms with van der Waals surface area (Å²) in [5, 5.41) is 0. The molecule has 1 aliphatic carbocycles. The summed E-state index contributed by atoms with van der Waals surface area (Å²) in [7, 11) is 0. The number of hydrogen-bond acceptors (Lipinski definition) is 0. The van der Waals surface area contributed by atoms with Crippen LogP contribution in [0.25, 0.3) is 0 Å². The number of hydrogen-bond donors (Lipinski definition) is 0. The minimum absolute atomic E-state index is 0. The van der Waals surface area contributed by atoms with E-state index in [4.69, 9.17) is 0 Å². The van der Waals surface area contributed by atoms with Crippen molar-refractivity contribution >= 4 is 0 Å². The molecule has 0 atom stereocenters. The quantitative estimate of drug-likeness (QED) is 0.541. The van der Waals surface area contributed by atoms with Crippen molar-refractivity contribution in [2.75, 3.05) is 0 Å². The molecule has 96 valence electrons. The van der Waals surface area contributed by atoms with E-state index in [1.54, 1.807) is 0 Å². The van der Waals surface area contributed by atoms with Gasteiger partial charge in [-0.1, -0.05) is 69.2 Å². The summed E-state index contributed by atoms with van der Waals surface area (Å²) < 4.78 is 0. The van der Waals surface area contributed by atoms with Crippen LogP contribution >= 0.6 is 0 Å². The lowest BCUT2D eigenvalue weighted by Crippen LogP contribution is -1.95. The topological polar surface area (TPSA) is 0 Å². The molecular formula is C15H36. The summed E-state index contributed by atoms with van der Waals surface area (Å²) in [6, 6.07) is 0. The molecule has 0 radical (unpaired) electrons. The van der Waals surface area contributed by atoms with E-state index in [1.165, 1.54) is 19.3 Å². The van der Waals surface area contributed by atoms with Crippen molar-refractivity contribution in [3.05, 3.63) is 0 Å². The molecule has 0 heterocycles. The van der Waals surface area contributed by atoms with E-state index in [2.05, 4.69) is 41.5 Å². The zero-order valence-corrected chi connectivity index (χ0v) is 10.4. The van der Waals surface area contributed by atoms with Crippen molar-refractivity contribution in [1.29, 1.82) is 0 Å². The van der Waals surface area contributed by atoms with Gasteiger partial charge in [-0.05, 0) is 30.1 Å². The third-order valence-electron chi connectivity index (χ3n) is 2.83. The van der Waals surface area contributed by atoms with E-state index in [0.717, 1.165) is 23.7 Å². The number of rotatable bonds is 3. The van der Waals surface area contributed by atoms with Crippen LogP contribution in [-0.2, 0) is 0 Å². The van der Waals surface area contributed by atoms with Crippen molar-refractivity contribution in [1.82, 2.24) is 0 Å². The Labute approximate surface area is 99.9 Å². The van der Waals surface area contributed by atoms with Gasteiger partial charge in [0, 0.05) is 0 Å². The second-order valence-corrected chi connectivity index (χ2v) is 5.56. The van der Waals surface area contributed by atoms with E-state index >= 15 is 0 Å². The molecule has 0 aromatic rings. The Hall–Kier alpha value is 0. The molecule has 0 nitrogen and oxygen atoms in total. The molecule has 1 aliphatic rings. The first kappa shape index (κ1) is 20.4. The van der Waals surface area contributed by atoms with Crippen LogP contribution < -0.4 is 0 Å². The maximum absolute atomic E-state index is 2.30. The third-order valence-corrected chi connectivity index (χ3v) is 2.83. The average Bonchev–Trinajstić information content (AvgIpc) is 2.71. The highest BCUT2D eigenvalue weighted by Crippen LogP contribution is 2.34. The Balaban J connectivity index is -0.000000172. The van der Waals surface area contributed by atoms with Gasteiger partial charge in [0.05, 0.1) is 0 Å². The van der Waals surface area contributed by atoms with Gasteiger partial charge >= 0.3 is 0 Å². The van der Waals surface area contributed by atoms with Crippen LogP contribution in [0, 0.1) is 23.7 Å². The van der Waals surface area contributed by atoms with Gasteiger partial charge in [-0.3, -0.25) is 0 Å². The highest BCUT2D eigenvalue weighted by Gasteiger charge is 2.21. The van der Waals surface area contributed by atoms with E-state index in [9.17, 15) is 0 Å². The van der Waals surface area contributed by atoms with Gasteiger partial charge in [-0.25, -0.2) is 0 Å². The predicted octanol–water partition coefficient (Wildman–Crippen LogP) is 6.01. The summed E-state index contributed by atoms with van der Waals surface area (Å²) >= 11 is 0. The van der Waals surface area contributed by atoms with Gasteiger partial charge in [-0.15, -0.1) is 0 Å². The average molecular weight is 216 g/mol. The Kier molecular flexibility index (Phi) is 14.3. The van der Waals surface area contributed by atoms with Gasteiger partial charge < -0.3 is 0 Å². The van der Waals surface area contributed by atoms with Crippen molar-refractivity contribution in [3.63, 3.8) is 0 Å². The first-order valence-electron chi connectivity index (χ1n) is 5.93. The van der Waals surface area contributed by atoms with Crippen LogP contribution in [0.1, 0.15) is 75.7 Å². The smallest absolute Gasteiger partial charge is 0.0412 e. The molecule has 0 saturated heterocycles. The molecule has 0 amide bonds. The largest absolute Gasteiger partial charge is 0.0776 e. The molecule has 0 spiro atoms. The van der Waals surface area contributed by atoms with Gasteiger partial charge in [0.1, 0.15) is 0 Å². The van der Waals surface area contributed by atoms with Crippen LogP contribution in [0.2, 0.25) is 0 Å². The Morgan fingerprint density at radius 3 is 1.20 bits per heavy atom. The first-order valence-corrected chi connectivity index (χ1v) is 5.93. The SMILES string of the molecule is C.C.CC(C)C(C)C.CC(C)CC1CC1. The maximum atomic E-state index is 2.30. The predicted molar refractivity (Wildman–Crippen MR) is 75.3 cm³/mol. The molecule has 0 heteroatoms. The van der Waals surface area contributed by atoms with Gasteiger partial charge in [0.25, 0.3) is 0 Å². The summed E-state index contributed by atoms with van der Waals surface area (Å²) in [5.74, 6) is 3.77. The normalized spacial score (nSPS) is 14.2. The van der Waals surface area contributed by atoms with Crippen LogP contribution in [-0.4, -0.2) is 0 Å². The first-order chi connectivity index (χ1) is 5.93. The molecule has 0 unspecified atom stereocenters. The second-order valence-electron chi connectivity index (χ2n) is 5.56. The Bertz CT molecular complexity index is 101. The Morgan fingerprint density at radius 1 is 0.800 bits per heavy atom.